The van der Waals surface area contributed by atoms with Crippen LogP contribution in [-0.2, 0) is 0 Å². The van der Waals surface area contributed by atoms with Gasteiger partial charge >= 0.3 is 0 Å². The molecule has 3 rings (SSSR count). The fraction of sp³-hybridized carbons (Fsp3) is 0. The minimum atomic E-state index is -0.342. The Kier molecular flexibility index (Phi) is 5.97. The molecule has 3 aromatic rings. The summed E-state index contributed by atoms with van der Waals surface area (Å²) >= 11 is 6.02. The SMILES string of the molecule is O=C(N/N=C/c1ccccc1)c1ccc(NC(=O)c2ccccc2Cl)cc1. The maximum absolute atomic E-state index is 12.2. The number of benzene rings is 3. The summed E-state index contributed by atoms with van der Waals surface area (Å²) in [7, 11) is 0. The number of nitrogens with one attached hydrogen (secondary N) is 2. The molecule has 0 aliphatic rings. The molecule has 2 amide bonds. The predicted molar refractivity (Wildman–Crippen MR) is 107 cm³/mol. The van der Waals surface area contributed by atoms with Crippen molar-refractivity contribution in [2.45, 2.75) is 0 Å². The Morgan fingerprint density at radius 2 is 1.48 bits per heavy atom. The van der Waals surface area contributed by atoms with Crippen LogP contribution in [0.25, 0.3) is 0 Å². The highest BCUT2D eigenvalue weighted by Gasteiger charge is 2.10. The molecule has 0 heterocycles. The number of amides is 2. The van der Waals surface area contributed by atoms with E-state index in [2.05, 4.69) is 15.8 Å². The van der Waals surface area contributed by atoms with Gasteiger partial charge in [0.25, 0.3) is 11.8 Å². The third-order valence-electron chi connectivity index (χ3n) is 3.70. The zero-order chi connectivity index (χ0) is 19.1. The van der Waals surface area contributed by atoms with Crippen LogP contribution in [0.3, 0.4) is 0 Å². The van der Waals surface area contributed by atoms with Crippen molar-refractivity contribution in [3.63, 3.8) is 0 Å². The van der Waals surface area contributed by atoms with Crippen LogP contribution in [0.1, 0.15) is 26.3 Å². The summed E-state index contributed by atoms with van der Waals surface area (Å²) in [6.45, 7) is 0. The number of halogens is 1. The second-order valence-electron chi connectivity index (χ2n) is 5.62. The molecule has 3 aromatic carbocycles. The highest BCUT2D eigenvalue weighted by atomic mass is 35.5. The molecule has 2 N–H and O–H groups in total. The molecule has 0 spiro atoms. The number of rotatable bonds is 5. The average Bonchev–Trinajstić information content (AvgIpc) is 2.69. The summed E-state index contributed by atoms with van der Waals surface area (Å²) in [5.74, 6) is -0.656. The van der Waals surface area contributed by atoms with E-state index in [1.54, 1.807) is 54.7 Å². The quantitative estimate of drug-likeness (QED) is 0.512. The second-order valence-corrected chi connectivity index (χ2v) is 6.03. The fourth-order valence-corrected chi connectivity index (χ4v) is 2.54. The molecule has 0 aromatic heterocycles. The highest BCUT2D eigenvalue weighted by molar-refractivity contribution is 6.34. The minimum absolute atomic E-state index is 0.315. The van der Waals surface area contributed by atoms with Crippen molar-refractivity contribution in [3.05, 3.63) is 101 Å². The lowest BCUT2D eigenvalue weighted by molar-refractivity contribution is 0.0954. The molecule has 0 aliphatic carbocycles. The molecule has 0 fully saturated rings. The Labute approximate surface area is 161 Å². The van der Waals surface area contributed by atoms with Crippen LogP contribution in [0, 0.1) is 0 Å². The van der Waals surface area contributed by atoms with Gasteiger partial charge in [0.2, 0.25) is 0 Å². The average molecular weight is 378 g/mol. The van der Waals surface area contributed by atoms with Gasteiger partial charge in [-0.1, -0.05) is 54.1 Å². The summed E-state index contributed by atoms with van der Waals surface area (Å²) in [6.07, 6.45) is 1.57. The van der Waals surface area contributed by atoms with Gasteiger partial charge in [0, 0.05) is 11.3 Å². The number of anilines is 1. The Morgan fingerprint density at radius 3 is 2.19 bits per heavy atom. The topological polar surface area (TPSA) is 70.6 Å². The van der Waals surface area contributed by atoms with E-state index in [-0.39, 0.29) is 11.8 Å². The van der Waals surface area contributed by atoms with E-state index in [9.17, 15) is 9.59 Å². The van der Waals surface area contributed by atoms with E-state index in [1.807, 2.05) is 30.3 Å². The van der Waals surface area contributed by atoms with Gasteiger partial charge in [0.05, 0.1) is 16.8 Å². The first-order valence-electron chi connectivity index (χ1n) is 8.18. The Balaban J connectivity index is 1.59. The Bertz CT molecular complexity index is 970. The minimum Gasteiger partial charge on any atom is -0.322 e. The van der Waals surface area contributed by atoms with Crippen molar-refractivity contribution in [3.8, 4) is 0 Å². The number of nitrogens with zero attached hydrogens (tertiary/aromatic N) is 1. The maximum Gasteiger partial charge on any atom is 0.271 e. The lowest BCUT2D eigenvalue weighted by Gasteiger charge is -2.07. The first-order chi connectivity index (χ1) is 13.1. The Morgan fingerprint density at radius 1 is 0.815 bits per heavy atom. The van der Waals surface area contributed by atoms with E-state index in [1.165, 1.54) is 0 Å². The lowest BCUT2D eigenvalue weighted by atomic mass is 10.1. The van der Waals surface area contributed by atoms with Gasteiger partial charge in [-0.3, -0.25) is 9.59 Å². The van der Waals surface area contributed by atoms with Crippen molar-refractivity contribution in [2.75, 3.05) is 5.32 Å². The molecule has 27 heavy (non-hydrogen) atoms. The molecule has 0 unspecified atom stereocenters. The van der Waals surface area contributed by atoms with Crippen molar-refractivity contribution in [1.82, 2.24) is 5.43 Å². The number of hydrogen-bond donors (Lipinski definition) is 2. The van der Waals surface area contributed by atoms with Crippen molar-refractivity contribution in [1.29, 1.82) is 0 Å². The molecule has 0 radical (unpaired) electrons. The molecule has 0 saturated heterocycles. The smallest absolute Gasteiger partial charge is 0.271 e. The van der Waals surface area contributed by atoms with Crippen molar-refractivity contribution < 1.29 is 9.59 Å². The van der Waals surface area contributed by atoms with Crippen LogP contribution < -0.4 is 10.7 Å². The largest absolute Gasteiger partial charge is 0.322 e. The third kappa shape index (κ3) is 5.03. The summed E-state index contributed by atoms with van der Waals surface area (Å²) in [4.78, 5) is 24.3. The van der Waals surface area contributed by atoms with Crippen LogP contribution in [0.5, 0.6) is 0 Å². The third-order valence-corrected chi connectivity index (χ3v) is 4.03. The van der Waals surface area contributed by atoms with E-state index in [0.29, 0.717) is 21.8 Å². The molecule has 0 bridgehead atoms. The van der Waals surface area contributed by atoms with Crippen LogP contribution in [0.2, 0.25) is 5.02 Å². The molecule has 0 saturated carbocycles. The fourth-order valence-electron chi connectivity index (χ4n) is 2.32. The van der Waals surface area contributed by atoms with E-state index in [4.69, 9.17) is 11.6 Å². The molecular formula is C21H16ClN3O2. The van der Waals surface area contributed by atoms with Gasteiger partial charge < -0.3 is 5.32 Å². The van der Waals surface area contributed by atoms with Crippen LogP contribution in [-0.4, -0.2) is 18.0 Å². The van der Waals surface area contributed by atoms with E-state index < -0.39 is 0 Å². The number of carbonyl (C=O) groups is 2. The number of hydrogen-bond acceptors (Lipinski definition) is 3. The zero-order valence-corrected chi connectivity index (χ0v) is 15.0. The molecule has 0 aliphatic heterocycles. The summed E-state index contributed by atoms with van der Waals surface area (Å²) in [5, 5.41) is 7.05. The van der Waals surface area contributed by atoms with Crippen molar-refractivity contribution in [2.24, 2.45) is 5.10 Å². The zero-order valence-electron chi connectivity index (χ0n) is 14.2. The standard InChI is InChI=1S/C21H16ClN3O2/c22-19-9-5-4-8-18(19)21(27)24-17-12-10-16(11-13-17)20(26)25-23-14-15-6-2-1-3-7-15/h1-14H,(H,24,27)(H,25,26)/b23-14+. The normalized spacial score (nSPS) is 10.6. The van der Waals surface area contributed by atoms with Gasteiger partial charge in [-0.25, -0.2) is 5.43 Å². The monoisotopic (exact) mass is 377 g/mol. The maximum atomic E-state index is 12.2. The van der Waals surface area contributed by atoms with Gasteiger partial charge in [-0.15, -0.1) is 0 Å². The second kappa shape index (κ2) is 8.78. The summed E-state index contributed by atoms with van der Waals surface area (Å²) < 4.78 is 0. The van der Waals surface area contributed by atoms with Crippen molar-refractivity contribution >= 4 is 35.3 Å². The lowest BCUT2D eigenvalue weighted by Crippen LogP contribution is -2.18. The summed E-state index contributed by atoms with van der Waals surface area (Å²) in [6, 6.07) is 22.7. The molecule has 134 valence electrons. The van der Waals surface area contributed by atoms with Gasteiger partial charge in [0.1, 0.15) is 0 Å². The van der Waals surface area contributed by atoms with E-state index in [0.717, 1.165) is 5.56 Å². The van der Waals surface area contributed by atoms with Gasteiger partial charge in [0.15, 0.2) is 0 Å². The van der Waals surface area contributed by atoms with Crippen LogP contribution >= 0.6 is 11.6 Å². The summed E-state index contributed by atoms with van der Waals surface area (Å²) in [5.41, 5.74) is 4.72. The molecule has 5 nitrogen and oxygen atoms in total. The molecule has 0 atom stereocenters. The van der Waals surface area contributed by atoms with Gasteiger partial charge in [-0.2, -0.15) is 5.10 Å². The first kappa shape index (κ1) is 18.4. The van der Waals surface area contributed by atoms with Crippen LogP contribution in [0.15, 0.2) is 84.0 Å². The molecular weight excluding hydrogens is 362 g/mol. The van der Waals surface area contributed by atoms with E-state index >= 15 is 0 Å². The Hall–Kier alpha value is -3.44. The molecule has 6 heteroatoms. The van der Waals surface area contributed by atoms with Crippen LogP contribution in [0.4, 0.5) is 5.69 Å². The first-order valence-corrected chi connectivity index (χ1v) is 8.56. The van der Waals surface area contributed by atoms with Gasteiger partial charge in [-0.05, 0) is 42.0 Å². The number of hydrazone groups is 1. The number of carbonyl (C=O) groups excluding carboxylic acids is 2. The predicted octanol–water partition coefficient (Wildman–Crippen LogP) is 4.36. The highest BCUT2D eigenvalue weighted by Crippen LogP contribution is 2.17.